The molecule has 0 radical (unpaired) electrons. The molecule has 0 aromatic heterocycles. The highest BCUT2D eigenvalue weighted by atomic mass is 32.1. The monoisotopic (exact) mass is 215 g/mol. The first kappa shape index (κ1) is 11.1. The summed E-state index contributed by atoms with van der Waals surface area (Å²) in [5.41, 5.74) is 5.44. The summed E-state index contributed by atoms with van der Waals surface area (Å²) in [6.07, 6.45) is 0. The van der Waals surface area contributed by atoms with E-state index in [9.17, 15) is 9.59 Å². The first-order valence-electron chi connectivity index (χ1n) is 4.33. The van der Waals surface area contributed by atoms with E-state index in [1.807, 2.05) is 6.92 Å². The van der Waals surface area contributed by atoms with Crippen molar-refractivity contribution in [1.29, 1.82) is 0 Å². The molecule has 0 spiro atoms. The average molecular weight is 215 g/mol. The van der Waals surface area contributed by atoms with Gasteiger partial charge < -0.3 is 5.73 Å². The minimum Gasteiger partial charge on any atom is -0.393 e. The molecule has 1 fully saturated rings. The summed E-state index contributed by atoms with van der Waals surface area (Å²) in [5, 5.41) is 2.23. The highest BCUT2D eigenvalue weighted by Crippen LogP contribution is 2.02. The van der Waals surface area contributed by atoms with Gasteiger partial charge in [0.2, 0.25) is 11.8 Å². The van der Waals surface area contributed by atoms with Crippen LogP contribution in [0.4, 0.5) is 0 Å². The first-order chi connectivity index (χ1) is 6.49. The van der Waals surface area contributed by atoms with Gasteiger partial charge >= 0.3 is 0 Å². The second-order valence-electron chi connectivity index (χ2n) is 3.44. The second kappa shape index (κ2) is 4.47. The van der Waals surface area contributed by atoms with Crippen LogP contribution in [-0.4, -0.2) is 41.3 Å². The Balaban J connectivity index is 2.48. The van der Waals surface area contributed by atoms with Gasteiger partial charge in [-0.25, -0.2) is 0 Å². The van der Waals surface area contributed by atoms with Gasteiger partial charge in [-0.3, -0.25) is 19.8 Å². The zero-order chi connectivity index (χ0) is 10.7. The molecule has 0 aromatic rings. The zero-order valence-corrected chi connectivity index (χ0v) is 8.76. The van der Waals surface area contributed by atoms with Gasteiger partial charge in [-0.1, -0.05) is 19.1 Å². The molecule has 1 aliphatic rings. The van der Waals surface area contributed by atoms with Crippen LogP contribution in [0.3, 0.4) is 0 Å². The van der Waals surface area contributed by atoms with Crippen molar-refractivity contribution in [3.63, 3.8) is 0 Å². The summed E-state index contributed by atoms with van der Waals surface area (Å²) < 4.78 is 0. The third kappa shape index (κ3) is 3.04. The van der Waals surface area contributed by atoms with E-state index in [1.54, 1.807) is 4.90 Å². The number of hydrogen-bond donors (Lipinski definition) is 2. The number of nitrogens with one attached hydrogen (secondary N) is 1. The number of rotatable bonds is 3. The van der Waals surface area contributed by atoms with E-state index in [0.29, 0.717) is 11.5 Å². The Morgan fingerprint density at radius 3 is 2.50 bits per heavy atom. The van der Waals surface area contributed by atoms with Crippen molar-refractivity contribution in [2.45, 2.75) is 6.92 Å². The molecule has 1 atom stereocenters. The highest BCUT2D eigenvalue weighted by molar-refractivity contribution is 7.80. The third-order valence-electron chi connectivity index (χ3n) is 2.03. The highest BCUT2D eigenvalue weighted by Gasteiger charge is 2.23. The van der Waals surface area contributed by atoms with Gasteiger partial charge in [0.05, 0.1) is 18.1 Å². The molecule has 1 aliphatic heterocycles. The summed E-state index contributed by atoms with van der Waals surface area (Å²) >= 11 is 4.81. The zero-order valence-electron chi connectivity index (χ0n) is 7.95. The lowest BCUT2D eigenvalue weighted by molar-refractivity contribution is -0.136. The number of hydrogen-bond acceptors (Lipinski definition) is 4. The van der Waals surface area contributed by atoms with Crippen LogP contribution in [0.25, 0.3) is 0 Å². The van der Waals surface area contributed by atoms with Crippen LogP contribution in [0.2, 0.25) is 0 Å². The number of imide groups is 1. The normalized spacial score (nSPS) is 20.4. The van der Waals surface area contributed by atoms with E-state index in [4.69, 9.17) is 18.0 Å². The Morgan fingerprint density at radius 1 is 1.57 bits per heavy atom. The fraction of sp³-hybridized carbons (Fsp3) is 0.625. The SMILES string of the molecule is CC(CN1CC(=O)NC(=O)C1)C(N)=S. The maximum atomic E-state index is 11.0. The standard InChI is InChI=1S/C8H13N3O2S/c1-5(8(9)14)2-11-3-6(12)10-7(13)4-11/h5H,2-4H2,1H3,(H2,9,14)(H,10,12,13). The Hall–Kier alpha value is -1.01. The van der Waals surface area contributed by atoms with E-state index in [2.05, 4.69) is 5.32 Å². The topological polar surface area (TPSA) is 75.4 Å². The van der Waals surface area contributed by atoms with Crippen molar-refractivity contribution in [2.24, 2.45) is 11.7 Å². The molecule has 78 valence electrons. The van der Waals surface area contributed by atoms with Crippen LogP contribution in [0.15, 0.2) is 0 Å². The molecule has 14 heavy (non-hydrogen) atoms. The molecule has 0 saturated carbocycles. The van der Waals surface area contributed by atoms with E-state index >= 15 is 0 Å². The quantitative estimate of drug-likeness (QED) is 0.460. The Bertz CT molecular complexity index is 264. The van der Waals surface area contributed by atoms with Crippen LogP contribution in [0, 0.1) is 5.92 Å². The molecular weight excluding hydrogens is 202 g/mol. The fourth-order valence-electron chi connectivity index (χ4n) is 1.30. The number of nitrogens with zero attached hydrogens (tertiary/aromatic N) is 1. The molecular formula is C8H13N3O2S. The van der Waals surface area contributed by atoms with Crippen LogP contribution < -0.4 is 11.1 Å². The molecule has 0 bridgehead atoms. The summed E-state index contributed by atoms with van der Waals surface area (Å²) in [5.74, 6) is -0.517. The van der Waals surface area contributed by atoms with Gasteiger partial charge in [-0.15, -0.1) is 0 Å². The number of piperazine rings is 1. The van der Waals surface area contributed by atoms with Crippen molar-refractivity contribution in [1.82, 2.24) is 10.2 Å². The number of carbonyl (C=O) groups excluding carboxylic acids is 2. The third-order valence-corrected chi connectivity index (χ3v) is 2.43. The molecule has 0 aliphatic carbocycles. The van der Waals surface area contributed by atoms with Gasteiger partial charge in [0.1, 0.15) is 0 Å². The van der Waals surface area contributed by atoms with E-state index in [0.717, 1.165) is 0 Å². The predicted molar refractivity (Wildman–Crippen MR) is 55.5 cm³/mol. The summed E-state index contributed by atoms with van der Waals surface area (Å²) in [6.45, 7) is 2.89. The summed E-state index contributed by atoms with van der Waals surface area (Å²) in [7, 11) is 0. The Kier molecular flexibility index (Phi) is 3.54. The maximum absolute atomic E-state index is 11.0. The Morgan fingerprint density at radius 2 is 2.07 bits per heavy atom. The molecule has 1 rings (SSSR count). The van der Waals surface area contributed by atoms with Crippen LogP contribution in [-0.2, 0) is 9.59 Å². The van der Waals surface area contributed by atoms with Crippen molar-refractivity contribution in [2.75, 3.05) is 19.6 Å². The van der Waals surface area contributed by atoms with Crippen molar-refractivity contribution in [3.05, 3.63) is 0 Å². The largest absolute Gasteiger partial charge is 0.393 e. The molecule has 6 heteroatoms. The van der Waals surface area contributed by atoms with Crippen LogP contribution in [0.5, 0.6) is 0 Å². The van der Waals surface area contributed by atoms with E-state index in [-0.39, 0.29) is 30.8 Å². The first-order valence-corrected chi connectivity index (χ1v) is 4.74. The van der Waals surface area contributed by atoms with Gasteiger partial charge in [0.25, 0.3) is 0 Å². The van der Waals surface area contributed by atoms with Crippen molar-refractivity contribution in [3.8, 4) is 0 Å². The lowest BCUT2D eigenvalue weighted by Gasteiger charge is -2.27. The average Bonchev–Trinajstić information content (AvgIpc) is 2.01. The van der Waals surface area contributed by atoms with Crippen LogP contribution >= 0.6 is 12.2 Å². The van der Waals surface area contributed by atoms with Crippen molar-refractivity contribution >= 4 is 29.0 Å². The van der Waals surface area contributed by atoms with Crippen LogP contribution in [0.1, 0.15) is 6.92 Å². The lowest BCUT2D eigenvalue weighted by atomic mass is 10.1. The van der Waals surface area contributed by atoms with Gasteiger partial charge in [0, 0.05) is 12.5 Å². The maximum Gasteiger partial charge on any atom is 0.240 e. The molecule has 1 heterocycles. The van der Waals surface area contributed by atoms with Crippen molar-refractivity contribution < 1.29 is 9.59 Å². The fourth-order valence-corrected chi connectivity index (χ4v) is 1.38. The van der Waals surface area contributed by atoms with Gasteiger partial charge in [-0.05, 0) is 0 Å². The number of carbonyl (C=O) groups is 2. The number of thiocarbonyl (C=S) groups is 1. The van der Waals surface area contributed by atoms with E-state index in [1.165, 1.54) is 0 Å². The minimum atomic E-state index is -0.267. The van der Waals surface area contributed by atoms with Gasteiger partial charge in [0.15, 0.2) is 0 Å². The molecule has 3 N–H and O–H groups in total. The molecule has 1 unspecified atom stereocenters. The van der Waals surface area contributed by atoms with Gasteiger partial charge in [-0.2, -0.15) is 0 Å². The summed E-state index contributed by atoms with van der Waals surface area (Å²) in [6, 6.07) is 0. The molecule has 2 amide bonds. The number of nitrogens with two attached hydrogens (primary N) is 1. The second-order valence-corrected chi connectivity index (χ2v) is 3.92. The smallest absolute Gasteiger partial charge is 0.240 e. The molecule has 0 aromatic carbocycles. The molecule has 5 nitrogen and oxygen atoms in total. The molecule has 1 saturated heterocycles. The minimum absolute atomic E-state index is 0.0173. The predicted octanol–water partition coefficient (Wildman–Crippen LogP) is -1.13. The number of amides is 2. The van der Waals surface area contributed by atoms with E-state index < -0.39 is 0 Å². The lowest BCUT2D eigenvalue weighted by Crippen LogP contribution is -2.52. The summed E-state index contributed by atoms with van der Waals surface area (Å²) in [4.78, 5) is 24.1. The Labute approximate surface area is 87.6 Å².